The van der Waals surface area contributed by atoms with E-state index in [1.54, 1.807) is 0 Å². The minimum atomic E-state index is 0.386. The first-order valence-electron chi connectivity index (χ1n) is 7.91. The largest absolute Gasteiger partial charge is 0.492 e. The van der Waals surface area contributed by atoms with Gasteiger partial charge >= 0.3 is 0 Å². The number of para-hydroxylation sites is 1. The van der Waals surface area contributed by atoms with Gasteiger partial charge in [0, 0.05) is 24.2 Å². The van der Waals surface area contributed by atoms with Crippen molar-refractivity contribution in [1.29, 1.82) is 0 Å². The molecule has 112 valence electrons. The molecule has 1 atom stereocenters. The van der Waals surface area contributed by atoms with Gasteiger partial charge in [-0.1, -0.05) is 32.0 Å². The zero-order valence-corrected chi connectivity index (χ0v) is 13.1. The van der Waals surface area contributed by atoms with Gasteiger partial charge in [0.2, 0.25) is 0 Å². The Hall–Kier alpha value is -1.06. The molecule has 2 rings (SSSR count). The third kappa shape index (κ3) is 4.22. The van der Waals surface area contributed by atoms with Gasteiger partial charge in [0.05, 0.1) is 0 Å². The van der Waals surface area contributed by atoms with E-state index in [2.05, 4.69) is 55.4 Å². The Labute approximate surface area is 123 Å². The second-order valence-corrected chi connectivity index (χ2v) is 5.62. The number of nitrogens with zero attached hydrogens (tertiary/aromatic N) is 1. The highest BCUT2D eigenvalue weighted by atomic mass is 16.5. The van der Waals surface area contributed by atoms with Crippen molar-refractivity contribution in [3.8, 4) is 5.75 Å². The molecule has 20 heavy (non-hydrogen) atoms. The molecule has 3 heteroatoms. The first-order valence-corrected chi connectivity index (χ1v) is 7.91. The zero-order valence-electron chi connectivity index (χ0n) is 13.1. The molecule has 1 fully saturated rings. The van der Waals surface area contributed by atoms with E-state index in [0.29, 0.717) is 6.04 Å². The molecule has 1 aliphatic carbocycles. The Bertz CT molecular complexity index is 404. The second kappa shape index (κ2) is 7.65. The number of hydrogen-bond donors (Lipinski definition) is 1. The summed E-state index contributed by atoms with van der Waals surface area (Å²) in [7, 11) is 2.19. The molecule has 0 aliphatic heterocycles. The summed E-state index contributed by atoms with van der Waals surface area (Å²) in [5.41, 5.74) is 1.28. The standard InChI is InChI=1S/C17H28N2O/c1-4-16(18-5-2)15-8-6-7-9-17(15)20-13-12-19(3)14-10-11-14/h6-9,14,16,18H,4-5,10-13H2,1-3H3. The van der Waals surface area contributed by atoms with Crippen LogP contribution in [0.2, 0.25) is 0 Å². The maximum absolute atomic E-state index is 6.03. The van der Waals surface area contributed by atoms with Gasteiger partial charge < -0.3 is 15.0 Å². The van der Waals surface area contributed by atoms with Crippen molar-refractivity contribution in [2.75, 3.05) is 26.7 Å². The number of hydrogen-bond acceptors (Lipinski definition) is 3. The molecule has 1 aliphatic rings. The van der Waals surface area contributed by atoms with Crippen LogP contribution in [-0.4, -0.2) is 37.7 Å². The molecule has 1 aromatic carbocycles. The molecule has 3 nitrogen and oxygen atoms in total. The molecule has 0 aromatic heterocycles. The third-order valence-corrected chi connectivity index (χ3v) is 4.02. The molecular weight excluding hydrogens is 248 g/mol. The highest BCUT2D eigenvalue weighted by Crippen LogP contribution is 2.28. The van der Waals surface area contributed by atoms with Crippen LogP contribution < -0.4 is 10.1 Å². The van der Waals surface area contributed by atoms with E-state index < -0.39 is 0 Å². The number of benzene rings is 1. The van der Waals surface area contributed by atoms with E-state index in [0.717, 1.165) is 37.9 Å². The first-order chi connectivity index (χ1) is 9.76. The van der Waals surface area contributed by atoms with Gasteiger partial charge in [-0.05, 0) is 38.9 Å². The maximum Gasteiger partial charge on any atom is 0.124 e. The lowest BCUT2D eigenvalue weighted by Gasteiger charge is -2.21. The van der Waals surface area contributed by atoms with Crippen molar-refractivity contribution in [2.45, 2.75) is 45.2 Å². The Morgan fingerprint density at radius 2 is 2.05 bits per heavy atom. The van der Waals surface area contributed by atoms with E-state index in [1.165, 1.54) is 18.4 Å². The summed E-state index contributed by atoms with van der Waals surface area (Å²) >= 11 is 0. The fourth-order valence-electron chi connectivity index (χ4n) is 2.62. The molecular formula is C17H28N2O. The molecule has 0 amide bonds. The molecule has 1 aromatic rings. The van der Waals surface area contributed by atoms with E-state index >= 15 is 0 Å². The van der Waals surface area contributed by atoms with Crippen LogP contribution in [0.25, 0.3) is 0 Å². The summed E-state index contributed by atoms with van der Waals surface area (Å²) in [6.07, 6.45) is 3.78. The molecule has 0 spiro atoms. The van der Waals surface area contributed by atoms with Crippen LogP contribution in [0.1, 0.15) is 44.7 Å². The van der Waals surface area contributed by atoms with E-state index in [9.17, 15) is 0 Å². The SMILES string of the molecule is CCNC(CC)c1ccccc1OCCN(C)C1CC1. The summed E-state index contributed by atoms with van der Waals surface area (Å²) in [5, 5.41) is 3.53. The summed E-state index contributed by atoms with van der Waals surface area (Å²) in [5.74, 6) is 1.03. The average Bonchev–Trinajstić information content (AvgIpc) is 3.30. The second-order valence-electron chi connectivity index (χ2n) is 5.62. The average molecular weight is 276 g/mol. The number of nitrogens with one attached hydrogen (secondary N) is 1. The van der Waals surface area contributed by atoms with Gasteiger partial charge in [-0.3, -0.25) is 0 Å². The van der Waals surface area contributed by atoms with Gasteiger partial charge in [0.25, 0.3) is 0 Å². The number of ether oxygens (including phenoxy) is 1. The van der Waals surface area contributed by atoms with Crippen LogP contribution in [0.3, 0.4) is 0 Å². The summed E-state index contributed by atoms with van der Waals surface area (Å²) in [6, 6.07) is 9.61. The summed E-state index contributed by atoms with van der Waals surface area (Å²) < 4.78 is 6.03. The van der Waals surface area contributed by atoms with Crippen LogP contribution in [-0.2, 0) is 0 Å². The summed E-state index contributed by atoms with van der Waals surface area (Å²) in [6.45, 7) is 7.13. The van der Waals surface area contributed by atoms with Gasteiger partial charge in [0.1, 0.15) is 12.4 Å². The predicted octanol–water partition coefficient (Wildman–Crippen LogP) is 3.22. The number of likely N-dealkylation sites (N-methyl/N-ethyl adjacent to an activating group) is 1. The fourth-order valence-corrected chi connectivity index (χ4v) is 2.62. The quantitative estimate of drug-likeness (QED) is 0.749. The molecule has 1 N–H and O–H groups in total. The Morgan fingerprint density at radius 3 is 2.70 bits per heavy atom. The molecule has 0 heterocycles. The van der Waals surface area contributed by atoms with E-state index in [4.69, 9.17) is 4.74 Å². The van der Waals surface area contributed by atoms with Crippen LogP contribution >= 0.6 is 0 Å². The first kappa shape index (κ1) is 15.3. The topological polar surface area (TPSA) is 24.5 Å². The predicted molar refractivity (Wildman–Crippen MR) is 84.3 cm³/mol. The smallest absolute Gasteiger partial charge is 0.124 e. The lowest BCUT2D eigenvalue weighted by Crippen LogP contribution is -2.26. The van der Waals surface area contributed by atoms with Crippen molar-refractivity contribution in [1.82, 2.24) is 10.2 Å². The maximum atomic E-state index is 6.03. The third-order valence-electron chi connectivity index (χ3n) is 4.02. The van der Waals surface area contributed by atoms with Gasteiger partial charge in [-0.25, -0.2) is 0 Å². The highest BCUT2D eigenvalue weighted by Gasteiger charge is 2.25. The lowest BCUT2D eigenvalue weighted by molar-refractivity contribution is 0.229. The van der Waals surface area contributed by atoms with E-state index in [1.807, 2.05) is 0 Å². The van der Waals surface area contributed by atoms with Crippen molar-refractivity contribution in [2.24, 2.45) is 0 Å². The van der Waals surface area contributed by atoms with Crippen LogP contribution in [0.5, 0.6) is 5.75 Å². The van der Waals surface area contributed by atoms with Crippen molar-refractivity contribution < 1.29 is 4.74 Å². The molecule has 0 bridgehead atoms. The number of rotatable bonds is 9. The molecule has 0 saturated heterocycles. The lowest BCUT2D eigenvalue weighted by atomic mass is 10.0. The van der Waals surface area contributed by atoms with Gasteiger partial charge in [-0.15, -0.1) is 0 Å². The minimum absolute atomic E-state index is 0.386. The van der Waals surface area contributed by atoms with Gasteiger partial charge in [0.15, 0.2) is 0 Å². The monoisotopic (exact) mass is 276 g/mol. The Morgan fingerprint density at radius 1 is 1.30 bits per heavy atom. The van der Waals surface area contributed by atoms with Crippen LogP contribution in [0.4, 0.5) is 0 Å². The normalized spacial score (nSPS) is 16.4. The van der Waals surface area contributed by atoms with Crippen LogP contribution in [0, 0.1) is 0 Å². The molecule has 1 saturated carbocycles. The van der Waals surface area contributed by atoms with Crippen LogP contribution in [0.15, 0.2) is 24.3 Å². The Balaban J connectivity index is 1.92. The highest BCUT2D eigenvalue weighted by molar-refractivity contribution is 5.35. The van der Waals surface area contributed by atoms with E-state index in [-0.39, 0.29) is 0 Å². The molecule has 0 radical (unpaired) electrons. The summed E-state index contributed by atoms with van der Waals surface area (Å²) in [4.78, 5) is 2.41. The van der Waals surface area contributed by atoms with Crippen molar-refractivity contribution >= 4 is 0 Å². The van der Waals surface area contributed by atoms with Crippen molar-refractivity contribution in [3.05, 3.63) is 29.8 Å². The van der Waals surface area contributed by atoms with Gasteiger partial charge in [-0.2, -0.15) is 0 Å². The molecule has 1 unspecified atom stereocenters. The van der Waals surface area contributed by atoms with Crippen molar-refractivity contribution in [3.63, 3.8) is 0 Å². The minimum Gasteiger partial charge on any atom is -0.492 e. The fraction of sp³-hybridized carbons (Fsp3) is 0.647. The zero-order chi connectivity index (χ0) is 14.4. The Kier molecular flexibility index (Phi) is 5.86.